The van der Waals surface area contributed by atoms with Crippen molar-refractivity contribution in [1.82, 2.24) is 9.78 Å². The van der Waals surface area contributed by atoms with E-state index in [9.17, 15) is 0 Å². The quantitative estimate of drug-likeness (QED) is 0.894. The van der Waals surface area contributed by atoms with Crippen molar-refractivity contribution in [3.8, 4) is 5.69 Å². The Labute approximate surface area is 108 Å². The van der Waals surface area contributed by atoms with Gasteiger partial charge in [-0.15, -0.1) is 0 Å². The molecule has 1 saturated carbocycles. The highest BCUT2D eigenvalue weighted by Gasteiger charge is 2.25. The van der Waals surface area contributed by atoms with E-state index < -0.39 is 0 Å². The zero-order chi connectivity index (χ0) is 12.5. The molecule has 1 aliphatic carbocycles. The molecule has 1 atom stereocenters. The van der Waals surface area contributed by atoms with Crippen molar-refractivity contribution in [1.29, 1.82) is 0 Å². The predicted octanol–water partition coefficient (Wildman–Crippen LogP) is 2.64. The van der Waals surface area contributed by atoms with Gasteiger partial charge in [-0.3, -0.25) is 0 Å². The van der Waals surface area contributed by atoms with Crippen LogP contribution in [0.5, 0.6) is 0 Å². The molecule has 3 nitrogen and oxygen atoms in total. The van der Waals surface area contributed by atoms with Crippen LogP contribution in [0.3, 0.4) is 0 Å². The van der Waals surface area contributed by atoms with Crippen molar-refractivity contribution in [3.63, 3.8) is 0 Å². The van der Waals surface area contributed by atoms with E-state index in [1.165, 1.54) is 24.1 Å². The summed E-state index contributed by atoms with van der Waals surface area (Å²) < 4.78 is 1.96. The van der Waals surface area contributed by atoms with Crippen LogP contribution in [-0.2, 0) is 6.42 Å². The monoisotopic (exact) mass is 241 g/mol. The van der Waals surface area contributed by atoms with Crippen molar-refractivity contribution >= 4 is 0 Å². The van der Waals surface area contributed by atoms with Crippen molar-refractivity contribution in [3.05, 3.63) is 47.8 Å². The molecular weight excluding hydrogens is 222 g/mol. The molecule has 3 rings (SSSR count). The van der Waals surface area contributed by atoms with Crippen molar-refractivity contribution in [2.75, 3.05) is 0 Å². The summed E-state index contributed by atoms with van der Waals surface area (Å²) in [6.07, 6.45) is 5.57. The largest absolute Gasteiger partial charge is 0.328 e. The van der Waals surface area contributed by atoms with Gasteiger partial charge in [0.1, 0.15) is 0 Å². The molecule has 2 aromatic rings. The minimum Gasteiger partial charge on any atom is -0.328 e. The molecule has 1 aromatic heterocycles. The molecule has 0 aliphatic heterocycles. The summed E-state index contributed by atoms with van der Waals surface area (Å²) in [5.74, 6) is 0.712. The molecule has 18 heavy (non-hydrogen) atoms. The van der Waals surface area contributed by atoms with Gasteiger partial charge in [0.25, 0.3) is 0 Å². The lowest BCUT2D eigenvalue weighted by Gasteiger charge is -2.06. The molecule has 0 spiro atoms. The van der Waals surface area contributed by atoms with Crippen LogP contribution in [0.4, 0.5) is 0 Å². The molecule has 3 heteroatoms. The number of nitrogens with two attached hydrogens (primary N) is 1. The summed E-state index contributed by atoms with van der Waals surface area (Å²) in [5, 5.41) is 4.63. The molecule has 1 aliphatic rings. The fourth-order valence-electron chi connectivity index (χ4n) is 2.24. The first kappa shape index (κ1) is 11.5. The van der Waals surface area contributed by atoms with Crippen molar-refractivity contribution in [2.45, 2.75) is 38.1 Å². The number of rotatable bonds is 4. The molecule has 0 saturated heterocycles. The summed E-state index contributed by atoms with van der Waals surface area (Å²) in [4.78, 5) is 0. The third-order valence-corrected chi connectivity index (χ3v) is 3.36. The molecule has 1 fully saturated rings. The summed E-state index contributed by atoms with van der Waals surface area (Å²) in [6.45, 7) is 2.03. The average Bonchev–Trinajstić information content (AvgIpc) is 3.08. The van der Waals surface area contributed by atoms with Gasteiger partial charge in [-0.25, -0.2) is 4.68 Å². The highest BCUT2D eigenvalue weighted by Crippen LogP contribution is 2.38. The van der Waals surface area contributed by atoms with Gasteiger partial charge in [-0.1, -0.05) is 12.1 Å². The number of aromatic nitrogens is 2. The number of benzene rings is 1. The Bertz CT molecular complexity index is 521. The van der Waals surface area contributed by atoms with Gasteiger partial charge in [0.2, 0.25) is 0 Å². The van der Waals surface area contributed by atoms with Gasteiger partial charge in [0.15, 0.2) is 0 Å². The van der Waals surface area contributed by atoms with Gasteiger partial charge in [0, 0.05) is 18.2 Å². The number of hydrogen-bond acceptors (Lipinski definition) is 2. The second-order valence-electron chi connectivity index (χ2n) is 5.31. The maximum atomic E-state index is 5.80. The third-order valence-electron chi connectivity index (χ3n) is 3.36. The molecule has 0 radical (unpaired) electrons. The van der Waals surface area contributed by atoms with Crippen LogP contribution in [0.2, 0.25) is 0 Å². The van der Waals surface area contributed by atoms with E-state index in [4.69, 9.17) is 5.73 Å². The topological polar surface area (TPSA) is 43.8 Å². The van der Waals surface area contributed by atoms with Crippen LogP contribution in [0.25, 0.3) is 5.69 Å². The molecule has 94 valence electrons. The van der Waals surface area contributed by atoms with E-state index in [0.717, 1.165) is 12.1 Å². The summed E-state index contributed by atoms with van der Waals surface area (Å²) in [6, 6.07) is 10.8. The van der Waals surface area contributed by atoms with E-state index in [0.29, 0.717) is 5.92 Å². The fourth-order valence-corrected chi connectivity index (χ4v) is 2.24. The molecule has 0 bridgehead atoms. The Morgan fingerprint density at radius 3 is 2.61 bits per heavy atom. The second kappa shape index (κ2) is 4.58. The average molecular weight is 241 g/mol. The Balaban J connectivity index is 1.78. The van der Waals surface area contributed by atoms with E-state index in [-0.39, 0.29) is 6.04 Å². The molecular formula is C15H19N3. The normalized spacial score (nSPS) is 16.8. The molecule has 1 aromatic carbocycles. The zero-order valence-corrected chi connectivity index (χ0v) is 10.7. The van der Waals surface area contributed by atoms with Gasteiger partial charge in [0.05, 0.1) is 11.4 Å². The maximum Gasteiger partial charge on any atom is 0.0659 e. The second-order valence-corrected chi connectivity index (χ2v) is 5.31. The number of nitrogens with zero attached hydrogens (tertiary/aromatic N) is 2. The van der Waals surface area contributed by atoms with Gasteiger partial charge in [-0.2, -0.15) is 5.10 Å². The molecule has 1 unspecified atom stereocenters. The predicted molar refractivity (Wildman–Crippen MR) is 72.9 cm³/mol. The lowest BCUT2D eigenvalue weighted by Crippen LogP contribution is -2.17. The van der Waals surface area contributed by atoms with E-state index in [1.54, 1.807) is 0 Å². The van der Waals surface area contributed by atoms with Gasteiger partial charge >= 0.3 is 0 Å². The van der Waals surface area contributed by atoms with Crippen LogP contribution in [-0.4, -0.2) is 15.8 Å². The van der Waals surface area contributed by atoms with E-state index >= 15 is 0 Å². The van der Waals surface area contributed by atoms with Gasteiger partial charge < -0.3 is 5.73 Å². The Kier molecular flexibility index (Phi) is 2.92. The van der Waals surface area contributed by atoms with Gasteiger partial charge in [-0.05, 0) is 49.9 Å². The highest BCUT2D eigenvalue weighted by atomic mass is 15.3. The lowest BCUT2D eigenvalue weighted by atomic mass is 10.1. The molecule has 2 N–H and O–H groups in total. The number of hydrogen-bond donors (Lipinski definition) is 1. The van der Waals surface area contributed by atoms with Crippen LogP contribution in [0, 0.1) is 0 Å². The summed E-state index contributed by atoms with van der Waals surface area (Å²) >= 11 is 0. The minimum absolute atomic E-state index is 0.210. The Morgan fingerprint density at radius 2 is 2.00 bits per heavy atom. The molecule has 1 heterocycles. The molecule has 0 amide bonds. The summed E-state index contributed by atoms with van der Waals surface area (Å²) in [7, 11) is 0. The first-order valence-corrected chi connectivity index (χ1v) is 6.63. The summed E-state index contributed by atoms with van der Waals surface area (Å²) in [5.41, 5.74) is 9.43. The van der Waals surface area contributed by atoms with Crippen molar-refractivity contribution in [2.24, 2.45) is 5.73 Å². The highest BCUT2D eigenvalue weighted by molar-refractivity contribution is 5.34. The Morgan fingerprint density at radius 1 is 1.28 bits per heavy atom. The third kappa shape index (κ3) is 2.46. The SMILES string of the molecule is CC(N)Cc1ccc(-n2ccc(C3CC3)n2)cc1. The first-order chi connectivity index (χ1) is 8.72. The minimum atomic E-state index is 0.210. The van der Waals surface area contributed by atoms with Crippen molar-refractivity contribution < 1.29 is 0 Å². The van der Waals surface area contributed by atoms with E-state index in [1.807, 2.05) is 17.8 Å². The lowest BCUT2D eigenvalue weighted by molar-refractivity contribution is 0.737. The van der Waals surface area contributed by atoms with Crippen LogP contribution in [0.15, 0.2) is 36.5 Å². The van der Waals surface area contributed by atoms with E-state index in [2.05, 4.69) is 35.4 Å². The standard InChI is InChI=1S/C15H19N3/c1-11(16)10-12-2-6-14(7-3-12)18-9-8-15(17-18)13-4-5-13/h2-3,6-9,11,13H,4-5,10,16H2,1H3. The maximum absolute atomic E-state index is 5.80. The smallest absolute Gasteiger partial charge is 0.0659 e. The fraction of sp³-hybridized carbons (Fsp3) is 0.400. The van der Waals surface area contributed by atoms with Crippen LogP contribution in [0.1, 0.15) is 36.9 Å². The van der Waals surface area contributed by atoms with Crippen LogP contribution >= 0.6 is 0 Å². The Hall–Kier alpha value is -1.61. The van der Waals surface area contributed by atoms with Crippen LogP contribution < -0.4 is 5.73 Å². The zero-order valence-electron chi connectivity index (χ0n) is 10.7. The first-order valence-electron chi connectivity index (χ1n) is 6.63.